The molecule has 2 aromatic rings. The van der Waals surface area contributed by atoms with Gasteiger partial charge in [0.15, 0.2) is 0 Å². The molecule has 1 saturated carbocycles. The van der Waals surface area contributed by atoms with Crippen LogP contribution in [0.4, 0.5) is 0 Å². The Balaban J connectivity index is 2.01. The molecule has 4 nitrogen and oxygen atoms in total. The monoisotopic (exact) mass is 362 g/mol. The second kappa shape index (κ2) is 8.03. The molecule has 128 valence electrons. The molecule has 1 N–H and O–H groups in total. The Kier molecular flexibility index (Phi) is 5.79. The molecule has 1 fully saturated rings. The maximum atomic E-state index is 12.3. The van der Waals surface area contributed by atoms with Gasteiger partial charge in [-0.05, 0) is 56.5 Å². The standard InChI is InChI=1S/C18H22N2O2S2/c1-2-15-16(21)19-18(23)20(22-13-9-5-3-6-10-13)17(15)24-14-11-7-4-8-12-14/h4,7-8,11-13H,2-3,5-6,9-10H2,1H3,(H,19,21,23). The highest BCUT2D eigenvalue weighted by Gasteiger charge is 2.20. The number of nitrogens with one attached hydrogen (secondary N) is 1. The Morgan fingerprint density at radius 2 is 1.96 bits per heavy atom. The summed E-state index contributed by atoms with van der Waals surface area (Å²) in [5.41, 5.74) is 0.595. The number of nitrogens with zero attached hydrogens (tertiary/aromatic N) is 1. The van der Waals surface area contributed by atoms with Crippen LogP contribution >= 0.6 is 24.0 Å². The van der Waals surface area contributed by atoms with Crippen molar-refractivity contribution in [1.82, 2.24) is 9.71 Å². The van der Waals surface area contributed by atoms with Crippen molar-refractivity contribution in [2.75, 3.05) is 0 Å². The molecule has 0 aliphatic heterocycles. The lowest BCUT2D eigenvalue weighted by atomic mass is 9.98. The van der Waals surface area contributed by atoms with E-state index in [1.165, 1.54) is 31.0 Å². The van der Waals surface area contributed by atoms with Crippen LogP contribution < -0.4 is 10.4 Å². The summed E-state index contributed by atoms with van der Waals surface area (Å²) in [7, 11) is 0. The van der Waals surface area contributed by atoms with Crippen molar-refractivity contribution < 1.29 is 4.84 Å². The first-order valence-corrected chi connectivity index (χ1v) is 9.69. The van der Waals surface area contributed by atoms with E-state index in [0.29, 0.717) is 16.8 Å². The summed E-state index contributed by atoms with van der Waals surface area (Å²) in [6.45, 7) is 1.98. The van der Waals surface area contributed by atoms with Crippen molar-refractivity contribution in [2.45, 2.75) is 61.5 Å². The zero-order valence-corrected chi connectivity index (χ0v) is 15.4. The van der Waals surface area contributed by atoms with Crippen molar-refractivity contribution in [3.63, 3.8) is 0 Å². The van der Waals surface area contributed by atoms with Gasteiger partial charge in [-0.1, -0.05) is 43.3 Å². The highest BCUT2D eigenvalue weighted by atomic mass is 32.2. The molecule has 24 heavy (non-hydrogen) atoms. The molecule has 1 aromatic heterocycles. The number of hydrogen-bond donors (Lipinski definition) is 1. The molecule has 0 bridgehead atoms. The highest BCUT2D eigenvalue weighted by molar-refractivity contribution is 7.99. The average molecular weight is 363 g/mol. The van der Waals surface area contributed by atoms with Crippen LogP contribution in [0, 0.1) is 4.77 Å². The number of aromatic nitrogens is 2. The lowest BCUT2D eigenvalue weighted by Gasteiger charge is -2.25. The van der Waals surface area contributed by atoms with E-state index in [1.54, 1.807) is 4.73 Å². The van der Waals surface area contributed by atoms with Crippen LogP contribution in [-0.4, -0.2) is 15.8 Å². The summed E-state index contributed by atoms with van der Waals surface area (Å²) >= 11 is 6.92. The molecule has 1 aliphatic rings. The first kappa shape index (κ1) is 17.3. The topological polar surface area (TPSA) is 47.0 Å². The van der Waals surface area contributed by atoms with E-state index in [1.807, 2.05) is 37.3 Å². The van der Waals surface area contributed by atoms with Gasteiger partial charge in [0.05, 0.1) is 5.56 Å². The van der Waals surface area contributed by atoms with Gasteiger partial charge in [0.2, 0.25) is 4.77 Å². The molecule has 0 saturated heterocycles. The average Bonchev–Trinajstić information content (AvgIpc) is 2.60. The molecule has 1 heterocycles. The van der Waals surface area contributed by atoms with Gasteiger partial charge < -0.3 is 4.84 Å². The largest absolute Gasteiger partial charge is 0.407 e. The Labute approximate surface area is 151 Å². The maximum absolute atomic E-state index is 12.3. The van der Waals surface area contributed by atoms with E-state index in [2.05, 4.69) is 4.98 Å². The summed E-state index contributed by atoms with van der Waals surface area (Å²) < 4.78 is 2.00. The molecule has 0 unspecified atom stereocenters. The second-order valence-corrected chi connectivity index (χ2v) is 7.42. The summed E-state index contributed by atoms with van der Waals surface area (Å²) in [6.07, 6.45) is 6.51. The second-order valence-electron chi connectivity index (χ2n) is 5.97. The van der Waals surface area contributed by atoms with Gasteiger partial charge in [-0.25, -0.2) is 0 Å². The third kappa shape index (κ3) is 3.92. The molecule has 1 aliphatic carbocycles. The molecule has 0 spiro atoms. The van der Waals surface area contributed by atoms with E-state index >= 15 is 0 Å². The number of rotatable bonds is 5. The lowest BCUT2D eigenvalue weighted by molar-refractivity contribution is -0.00343. The van der Waals surface area contributed by atoms with Crippen LogP contribution in [0.2, 0.25) is 0 Å². The van der Waals surface area contributed by atoms with Gasteiger partial charge in [-0.2, -0.15) is 0 Å². The Hall–Kier alpha value is -1.53. The van der Waals surface area contributed by atoms with E-state index in [9.17, 15) is 4.79 Å². The Bertz CT molecular complexity index is 793. The van der Waals surface area contributed by atoms with Crippen LogP contribution in [-0.2, 0) is 6.42 Å². The summed E-state index contributed by atoms with van der Waals surface area (Å²) in [6, 6.07) is 10.0. The molecule has 1 aromatic carbocycles. The van der Waals surface area contributed by atoms with Crippen molar-refractivity contribution in [2.24, 2.45) is 0 Å². The van der Waals surface area contributed by atoms with Crippen molar-refractivity contribution in [3.05, 3.63) is 51.0 Å². The van der Waals surface area contributed by atoms with Gasteiger partial charge in [0, 0.05) is 4.90 Å². The summed E-state index contributed by atoms with van der Waals surface area (Å²) in [5, 5.41) is 0.794. The predicted octanol–water partition coefficient (Wildman–Crippen LogP) is 4.38. The van der Waals surface area contributed by atoms with Gasteiger partial charge in [0.1, 0.15) is 11.1 Å². The third-order valence-electron chi connectivity index (χ3n) is 4.24. The minimum atomic E-state index is -0.121. The smallest absolute Gasteiger partial charge is 0.256 e. The van der Waals surface area contributed by atoms with Crippen molar-refractivity contribution in [3.8, 4) is 0 Å². The normalized spacial score (nSPS) is 15.4. The third-order valence-corrected chi connectivity index (χ3v) is 5.62. The number of hydrogen-bond acceptors (Lipinski definition) is 4. The first-order valence-electron chi connectivity index (χ1n) is 8.47. The van der Waals surface area contributed by atoms with Crippen LogP contribution in [0.5, 0.6) is 0 Å². The number of benzene rings is 1. The molecule has 3 rings (SSSR count). The summed E-state index contributed by atoms with van der Waals surface area (Å²) in [5.74, 6) is 0. The lowest BCUT2D eigenvalue weighted by Crippen LogP contribution is -2.32. The molecule has 0 radical (unpaired) electrons. The molecular weight excluding hydrogens is 340 g/mol. The van der Waals surface area contributed by atoms with E-state index < -0.39 is 0 Å². The quantitative estimate of drug-likeness (QED) is 0.633. The van der Waals surface area contributed by atoms with E-state index in [4.69, 9.17) is 17.1 Å². The van der Waals surface area contributed by atoms with Crippen LogP contribution in [0.3, 0.4) is 0 Å². The Morgan fingerprint density at radius 3 is 2.62 bits per heavy atom. The van der Waals surface area contributed by atoms with Crippen molar-refractivity contribution >= 4 is 24.0 Å². The fourth-order valence-corrected chi connectivity index (χ4v) is 4.34. The van der Waals surface area contributed by atoms with Gasteiger partial charge in [0.25, 0.3) is 5.56 Å². The molecule has 0 amide bonds. The van der Waals surface area contributed by atoms with Crippen molar-refractivity contribution in [1.29, 1.82) is 0 Å². The number of H-pyrrole nitrogens is 1. The molecular formula is C18H22N2O2S2. The molecule has 6 heteroatoms. The van der Waals surface area contributed by atoms with Gasteiger partial charge in [-0.3, -0.25) is 9.78 Å². The zero-order valence-electron chi connectivity index (χ0n) is 13.8. The summed E-state index contributed by atoms with van der Waals surface area (Å²) in [4.78, 5) is 22.4. The number of aromatic amines is 1. The minimum Gasteiger partial charge on any atom is -0.407 e. The van der Waals surface area contributed by atoms with Gasteiger partial charge >= 0.3 is 0 Å². The minimum absolute atomic E-state index is 0.121. The highest BCUT2D eigenvalue weighted by Crippen LogP contribution is 2.30. The fraction of sp³-hybridized carbons (Fsp3) is 0.444. The van der Waals surface area contributed by atoms with Crippen LogP contribution in [0.25, 0.3) is 0 Å². The predicted molar refractivity (Wildman–Crippen MR) is 99.3 cm³/mol. The zero-order chi connectivity index (χ0) is 16.9. The van der Waals surface area contributed by atoms with Crippen LogP contribution in [0.15, 0.2) is 45.0 Å². The van der Waals surface area contributed by atoms with Gasteiger partial charge in [-0.15, -0.1) is 4.73 Å². The van der Waals surface area contributed by atoms with E-state index in [-0.39, 0.29) is 11.7 Å². The Morgan fingerprint density at radius 1 is 1.25 bits per heavy atom. The molecule has 0 atom stereocenters. The first-order chi connectivity index (χ1) is 11.7. The fourth-order valence-electron chi connectivity index (χ4n) is 2.97. The maximum Gasteiger partial charge on any atom is 0.256 e. The SMILES string of the molecule is CCc1c(Sc2ccccc2)n(OC2CCCCC2)c(=S)[nH]c1=O. The van der Waals surface area contributed by atoms with Crippen LogP contribution in [0.1, 0.15) is 44.6 Å². The van der Waals surface area contributed by atoms with E-state index in [0.717, 1.165) is 22.8 Å².